The summed E-state index contributed by atoms with van der Waals surface area (Å²) in [5.41, 5.74) is 3.01. The zero-order valence-electron chi connectivity index (χ0n) is 18.2. The van der Waals surface area contributed by atoms with Gasteiger partial charge >= 0.3 is 0 Å². The Balaban J connectivity index is 1.49. The number of likely N-dealkylation sites (N-methyl/N-ethyl adjacent to an activating group) is 1. The second kappa shape index (κ2) is 10.8. The molecule has 2 aromatic carbocycles. The lowest BCUT2D eigenvalue weighted by Crippen LogP contribution is -2.48. The fourth-order valence-corrected chi connectivity index (χ4v) is 4.31. The van der Waals surface area contributed by atoms with E-state index in [0.29, 0.717) is 31.9 Å². The van der Waals surface area contributed by atoms with Crippen molar-refractivity contribution in [3.05, 3.63) is 80.6 Å². The van der Waals surface area contributed by atoms with Gasteiger partial charge in [-0.15, -0.1) is 0 Å². The zero-order chi connectivity index (χ0) is 22.5. The lowest BCUT2D eigenvalue weighted by atomic mass is 9.93. The summed E-state index contributed by atoms with van der Waals surface area (Å²) >= 11 is 2.30. The molecule has 2 heterocycles. The molecule has 7 heteroatoms. The Hall–Kier alpha value is -1.94. The summed E-state index contributed by atoms with van der Waals surface area (Å²) < 4.78 is 13.3. The molecule has 1 amide bonds. The van der Waals surface area contributed by atoms with Gasteiger partial charge in [-0.1, -0.05) is 36.4 Å². The van der Waals surface area contributed by atoms with E-state index in [1.165, 1.54) is 3.57 Å². The molecule has 2 aliphatic rings. The van der Waals surface area contributed by atoms with E-state index in [-0.39, 0.29) is 18.4 Å². The Morgan fingerprint density at radius 3 is 2.38 bits per heavy atom. The summed E-state index contributed by atoms with van der Waals surface area (Å²) in [4.78, 5) is 17.3. The summed E-state index contributed by atoms with van der Waals surface area (Å²) in [5, 5.41) is 9.22. The molecule has 2 aromatic rings. The molecule has 1 saturated heterocycles. The number of ether oxygens (including phenoxy) is 2. The zero-order valence-corrected chi connectivity index (χ0v) is 20.4. The van der Waals surface area contributed by atoms with E-state index in [1.54, 1.807) is 0 Å². The summed E-state index contributed by atoms with van der Waals surface area (Å²) in [6.07, 6.45) is 2.10. The van der Waals surface area contributed by atoms with Crippen molar-refractivity contribution >= 4 is 28.5 Å². The first-order valence-corrected chi connectivity index (χ1v) is 12.0. The van der Waals surface area contributed by atoms with Crippen molar-refractivity contribution in [3.63, 3.8) is 0 Å². The molecule has 2 aliphatic heterocycles. The number of hydrogen-bond donors (Lipinski definition) is 1. The molecule has 1 N–H and O–H groups in total. The predicted molar refractivity (Wildman–Crippen MR) is 131 cm³/mol. The molecule has 0 aliphatic carbocycles. The van der Waals surface area contributed by atoms with Gasteiger partial charge in [0.1, 0.15) is 0 Å². The number of carbonyl (C=O) groups is 1. The Morgan fingerprint density at radius 2 is 1.72 bits per heavy atom. The van der Waals surface area contributed by atoms with Gasteiger partial charge in [-0.25, -0.2) is 0 Å². The third-order valence-electron chi connectivity index (χ3n) is 6.00. The van der Waals surface area contributed by atoms with Gasteiger partial charge in [0.2, 0.25) is 6.29 Å². The van der Waals surface area contributed by atoms with Gasteiger partial charge in [-0.2, -0.15) is 0 Å². The number of allylic oxidation sites excluding steroid dienone is 1. The van der Waals surface area contributed by atoms with Gasteiger partial charge in [-0.05, 0) is 64.5 Å². The van der Waals surface area contributed by atoms with E-state index in [0.717, 1.165) is 29.8 Å². The second-order valence-electron chi connectivity index (χ2n) is 8.35. The largest absolute Gasteiger partial charge is 0.459 e. The predicted octanol–water partition coefficient (Wildman–Crippen LogP) is 3.49. The fraction of sp³-hybridized carbons (Fsp3) is 0.400. The average molecular weight is 548 g/mol. The monoisotopic (exact) mass is 548 g/mol. The van der Waals surface area contributed by atoms with Crippen LogP contribution in [0.15, 0.2) is 60.4 Å². The number of amides is 1. The van der Waals surface area contributed by atoms with Crippen molar-refractivity contribution in [1.29, 1.82) is 0 Å². The van der Waals surface area contributed by atoms with E-state index in [9.17, 15) is 9.90 Å². The Labute approximate surface area is 202 Å². The van der Waals surface area contributed by atoms with Crippen LogP contribution in [0, 0.1) is 3.57 Å². The minimum absolute atomic E-state index is 0.0210. The molecule has 170 valence electrons. The van der Waals surface area contributed by atoms with E-state index >= 15 is 0 Å². The molecular formula is C25H29IN2O4. The molecule has 0 spiro atoms. The highest BCUT2D eigenvalue weighted by molar-refractivity contribution is 14.1. The molecule has 32 heavy (non-hydrogen) atoms. The van der Waals surface area contributed by atoms with Crippen LogP contribution in [-0.2, 0) is 27.5 Å². The minimum atomic E-state index is -0.506. The normalized spacial score (nSPS) is 21.7. The van der Waals surface area contributed by atoms with Crippen molar-refractivity contribution in [1.82, 2.24) is 9.80 Å². The van der Waals surface area contributed by atoms with E-state index < -0.39 is 6.29 Å². The number of benzene rings is 2. The van der Waals surface area contributed by atoms with Gasteiger partial charge in [0.15, 0.2) is 5.76 Å². The average Bonchev–Trinajstić information content (AvgIpc) is 2.83. The van der Waals surface area contributed by atoms with Crippen LogP contribution in [0.1, 0.15) is 29.0 Å². The van der Waals surface area contributed by atoms with Gasteiger partial charge in [0.05, 0.1) is 13.2 Å². The molecule has 0 unspecified atom stereocenters. The minimum Gasteiger partial charge on any atom is -0.459 e. The van der Waals surface area contributed by atoms with Gasteiger partial charge in [-0.3, -0.25) is 4.79 Å². The fourth-order valence-electron chi connectivity index (χ4n) is 3.95. The quantitative estimate of drug-likeness (QED) is 0.561. The Bertz CT molecular complexity index is 937. The Morgan fingerprint density at radius 1 is 1.06 bits per heavy atom. The smallest absolute Gasteiger partial charge is 0.288 e. The van der Waals surface area contributed by atoms with Gasteiger partial charge in [0.25, 0.3) is 5.91 Å². The maximum atomic E-state index is 13.2. The molecule has 2 atom stereocenters. The highest BCUT2D eigenvalue weighted by Crippen LogP contribution is 2.33. The van der Waals surface area contributed by atoms with Crippen LogP contribution in [0.3, 0.4) is 0 Å². The SMILES string of the molecule is CN1CCN(C(=O)C2=C[C@@H](c3ccc(I)cc3)C[C@@H](OCc3ccc(CO)cc3)O2)CC1. The molecule has 0 radical (unpaired) electrons. The summed E-state index contributed by atoms with van der Waals surface area (Å²) in [6.45, 7) is 3.53. The highest BCUT2D eigenvalue weighted by Gasteiger charge is 2.32. The first-order chi connectivity index (χ1) is 15.5. The van der Waals surface area contributed by atoms with E-state index in [2.05, 4.69) is 58.8 Å². The van der Waals surface area contributed by atoms with Crippen LogP contribution in [0.4, 0.5) is 0 Å². The number of aliphatic hydroxyl groups is 1. The highest BCUT2D eigenvalue weighted by atomic mass is 127. The van der Waals surface area contributed by atoms with Gasteiger partial charge in [0, 0.05) is 42.1 Å². The lowest BCUT2D eigenvalue weighted by molar-refractivity contribution is -0.156. The number of carbonyl (C=O) groups excluding carboxylic acids is 1. The molecule has 1 fully saturated rings. The molecule has 0 saturated carbocycles. The number of rotatable bonds is 6. The second-order valence-corrected chi connectivity index (χ2v) is 9.60. The lowest BCUT2D eigenvalue weighted by Gasteiger charge is -2.35. The van der Waals surface area contributed by atoms with Crippen molar-refractivity contribution in [2.45, 2.75) is 31.8 Å². The first-order valence-electron chi connectivity index (χ1n) is 10.9. The number of piperazine rings is 1. The van der Waals surface area contributed by atoms with Crippen LogP contribution in [0.25, 0.3) is 0 Å². The van der Waals surface area contributed by atoms with Crippen LogP contribution in [0.2, 0.25) is 0 Å². The summed E-state index contributed by atoms with van der Waals surface area (Å²) in [5.74, 6) is 0.369. The molecule has 6 nitrogen and oxygen atoms in total. The van der Waals surface area contributed by atoms with E-state index in [1.807, 2.05) is 35.2 Å². The molecular weight excluding hydrogens is 519 g/mol. The van der Waals surface area contributed by atoms with Crippen molar-refractivity contribution in [2.75, 3.05) is 33.2 Å². The van der Waals surface area contributed by atoms with Crippen molar-refractivity contribution in [3.8, 4) is 0 Å². The number of hydrogen-bond acceptors (Lipinski definition) is 5. The van der Waals surface area contributed by atoms with Crippen LogP contribution < -0.4 is 0 Å². The first kappa shape index (κ1) is 23.2. The number of nitrogens with zero attached hydrogens (tertiary/aromatic N) is 2. The van der Waals surface area contributed by atoms with Crippen LogP contribution >= 0.6 is 22.6 Å². The molecule has 4 rings (SSSR count). The number of aliphatic hydroxyl groups excluding tert-OH is 1. The van der Waals surface area contributed by atoms with Crippen LogP contribution in [0.5, 0.6) is 0 Å². The molecule has 0 bridgehead atoms. The topological polar surface area (TPSA) is 62.2 Å². The third kappa shape index (κ3) is 5.89. The summed E-state index contributed by atoms with van der Waals surface area (Å²) in [7, 11) is 2.07. The van der Waals surface area contributed by atoms with Crippen molar-refractivity contribution < 1.29 is 19.4 Å². The van der Waals surface area contributed by atoms with Crippen LogP contribution in [-0.4, -0.2) is 60.3 Å². The third-order valence-corrected chi connectivity index (χ3v) is 6.72. The standard InChI is InChI=1S/C25H29IN2O4/c1-27-10-12-28(13-11-27)25(30)23-14-21(20-6-8-22(26)9-7-20)15-24(32-23)31-17-19-4-2-18(16-29)3-5-19/h2-9,14,21,24,29H,10-13,15-17H2,1H3/t21-,24+/m1/s1. The maximum Gasteiger partial charge on any atom is 0.288 e. The summed E-state index contributed by atoms with van der Waals surface area (Å²) in [6, 6.07) is 16.0. The maximum absolute atomic E-state index is 13.2. The van der Waals surface area contributed by atoms with E-state index in [4.69, 9.17) is 9.47 Å². The van der Waals surface area contributed by atoms with Gasteiger partial charge < -0.3 is 24.4 Å². The van der Waals surface area contributed by atoms with Crippen molar-refractivity contribution in [2.24, 2.45) is 0 Å². The number of halogens is 1. The Kier molecular flexibility index (Phi) is 7.83. The molecule has 0 aromatic heterocycles.